The first-order valence-corrected chi connectivity index (χ1v) is 9.00. The predicted molar refractivity (Wildman–Crippen MR) is 78.2 cm³/mol. The van der Waals surface area contributed by atoms with Gasteiger partial charge in [-0.2, -0.15) is 0 Å². The van der Waals surface area contributed by atoms with Crippen LogP contribution in [0.4, 0.5) is 0 Å². The lowest BCUT2D eigenvalue weighted by atomic mass is 9.94. The van der Waals surface area contributed by atoms with E-state index in [-0.39, 0.29) is 17.7 Å². The van der Waals surface area contributed by atoms with Gasteiger partial charge in [0.25, 0.3) is 0 Å². The number of carboxylic acid groups (broad SMARTS) is 1. The summed E-state index contributed by atoms with van der Waals surface area (Å²) in [4.78, 5) is 23.3. The number of piperidine rings is 1. The number of nitrogens with zero attached hydrogens (tertiary/aromatic N) is 1. The molecule has 2 atom stereocenters. The fraction of sp³-hybridized carbons (Fsp3) is 0.846. The molecule has 0 spiro atoms. The zero-order chi connectivity index (χ0) is 16.2. The highest BCUT2D eigenvalue weighted by atomic mass is 32.2. The molecule has 0 unspecified atom stereocenters. The van der Waals surface area contributed by atoms with Gasteiger partial charge in [-0.1, -0.05) is 20.3 Å². The van der Waals surface area contributed by atoms with Crippen LogP contribution in [0.2, 0.25) is 0 Å². The summed E-state index contributed by atoms with van der Waals surface area (Å²) in [6, 6.07) is -0.893. The van der Waals surface area contributed by atoms with Gasteiger partial charge in [-0.15, -0.1) is 0 Å². The summed E-state index contributed by atoms with van der Waals surface area (Å²) in [6.45, 7) is 4.26. The number of hydrogen-bond donors (Lipinski definition) is 2. The van der Waals surface area contributed by atoms with Gasteiger partial charge in [0.15, 0.2) is 0 Å². The third-order valence-electron chi connectivity index (χ3n) is 4.07. The Morgan fingerprint density at radius 1 is 1.33 bits per heavy atom. The summed E-state index contributed by atoms with van der Waals surface area (Å²) in [5.74, 6) is -1.81. The van der Waals surface area contributed by atoms with Crippen LogP contribution in [0.5, 0.6) is 0 Å². The molecular weight excluding hydrogens is 296 g/mol. The minimum atomic E-state index is -3.22. The Balaban J connectivity index is 2.59. The van der Waals surface area contributed by atoms with E-state index in [1.807, 2.05) is 6.92 Å². The fourth-order valence-corrected chi connectivity index (χ4v) is 3.28. The summed E-state index contributed by atoms with van der Waals surface area (Å²) in [6.07, 6.45) is 2.65. The first-order valence-electron chi connectivity index (χ1n) is 7.15. The maximum Gasteiger partial charge on any atom is 0.326 e. The van der Waals surface area contributed by atoms with Crippen molar-refractivity contribution in [1.29, 1.82) is 0 Å². The lowest BCUT2D eigenvalue weighted by Gasteiger charge is -2.30. The quantitative estimate of drug-likeness (QED) is 0.731. The minimum absolute atomic E-state index is 0.150. The second-order valence-corrected chi connectivity index (χ2v) is 7.63. The zero-order valence-electron chi connectivity index (χ0n) is 12.7. The van der Waals surface area contributed by atoms with Crippen molar-refractivity contribution in [2.45, 2.75) is 39.2 Å². The second-order valence-electron chi connectivity index (χ2n) is 5.65. The summed E-state index contributed by atoms with van der Waals surface area (Å²) in [5.41, 5.74) is 0. The van der Waals surface area contributed by atoms with Gasteiger partial charge in [-0.3, -0.25) is 4.79 Å². The van der Waals surface area contributed by atoms with Gasteiger partial charge >= 0.3 is 5.97 Å². The van der Waals surface area contributed by atoms with E-state index in [4.69, 9.17) is 5.11 Å². The van der Waals surface area contributed by atoms with Gasteiger partial charge in [0, 0.05) is 19.0 Å². The highest BCUT2D eigenvalue weighted by molar-refractivity contribution is 7.88. The Morgan fingerprint density at radius 3 is 2.24 bits per heavy atom. The minimum Gasteiger partial charge on any atom is -0.480 e. The first kappa shape index (κ1) is 17.9. The Hall–Kier alpha value is -1.15. The van der Waals surface area contributed by atoms with Crippen LogP contribution in [0.1, 0.15) is 33.1 Å². The van der Waals surface area contributed by atoms with Crippen molar-refractivity contribution in [1.82, 2.24) is 9.62 Å². The van der Waals surface area contributed by atoms with Crippen molar-refractivity contribution < 1.29 is 23.1 Å². The molecule has 0 aromatic heterocycles. The number of nitrogens with one attached hydrogen (secondary N) is 1. The predicted octanol–water partition coefficient (Wildman–Crippen LogP) is 0.274. The van der Waals surface area contributed by atoms with E-state index < -0.39 is 22.0 Å². The number of carbonyl (C=O) groups is 2. The van der Waals surface area contributed by atoms with E-state index >= 15 is 0 Å². The Morgan fingerprint density at radius 2 is 1.86 bits per heavy atom. The summed E-state index contributed by atoms with van der Waals surface area (Å²) in [5, 5.41) is 11.8. The molecule has 0 saturated carbocycles. The van der Waals surface area contributed by atoms with E-state index in [9.17, 15) is 18.0 Å². The number of amides is 1. The average Bonchev–Trinajstić information content (AvgIpc) is 2.42. The molecule has 1 rings (SSSR count). The van der Waals surface area contributed by atoms with Crippen LogP contribution in [0.25, 0.3) is 0 Å². The molecule has 7 nitrogen and oxygen atoms in total. The molecule has 0 aromatic carbocycles. The molecule has 8 heteroatoms. The van der Waals surface area contributed by atoms with Gasteiger partial charge < -0.3 is 10.4 Å². The highest BCUT2D eigenvalue weighted by Crippen LogP contribution is 2.20. The number of aliphatic carboxylic acids is 1. The third-order valence-corrected chi connectivity index (χ3v) is 5.37. The molecule has 1 aliphatic rings. The van der Waals surface area contributed by atoms with Crippen LogP contribution in [0, 0.1) is 11.8 Å². The number of carboxylic acids is 1. The molecule has 1 amide bonds. The smallest absolute Gasteiger partial charge is 0.326 e. The molecule has 0 bridgehead atoms. The van der Waals surface area contributed by atoms with Gasteiger partial charge in [0.1, 0.15) is 6.04 Å². The topological polar surface area (TPSA) is 104 Å². The van der Waals surface area contributed by atoms with Crippen LogP contribution in [0.3, 0.4) is 0 Å². The molecule has 2 N–H and O–H groups in total. The van der Waals surface area contributed by atoms with Gasteiger partial charge in [-0.25, -0.2) is 17.5 Å². The molecule has 1 heterocycles. The standard InChI is InChI=1S/C13H24N2O5S/c1-4-9(2)11(13(17)18)14-12(16)10-5-7-15(8-6-10)21(3,19)20/h9-11H,4-8H2,1-3H3,(H,14,16)(H,17,18)/t9-,11-/m0/s1. The zero-order valence-corrected chi connectivity index (χ0v) is 13.5. The maximum absolute atomic E-state index is 12.1. The molecular formula is C13H24N2O5S. The lowest BCUT2D eigenvalue weighted by molar-refractivity contribution is -0.144. The third kappa shape index (κ3) is 4.96. The molecule has 0 aromatic rings. The molecule has 1 saturated heterocycles. The normalized spacial score (nSPS) is 20.7. The first-order chi connectivity index (χ1) is 9.66. The average molecular weight is 320 g/mol. The number of carbonyl (C=O) groups excluding carboxylic acids is 1. The Bertz CT molecular complexity index is 483. The molecule has 1 aliphatic heterocycles. The monoisotopic (exact) mass is 320 g/mol. The Labute approximate surface area is 125 Å². The summed E-state index contributed by atoms with van der Waals surface area (Å²) >= 11 is 0. The van der Waals surface area contributed by atoms with Crippen molar-refractivity contribution in [2.75, 3.05) is 19.3 Å². The molecule has 0 aliphatic carbocycles. The lowest BCUT2D eigenvalue weighted by Crippen LogP contribution is -2.49. The van der Waals surface area contributed by atoms with E-state index in [0.29, 0.717) is 32.4 Å². The van der Waals surface area contributed by atoms with Crippen LogP contribution >= 0.6 is 0 Å². The molecule has 1 fully saturated rings. The molecule has 0 radical (unpaired) electrons. The van der Waals surface area contributed by atoms with Gasteiger partial charge in [0.2, 0.25) is 15.9 Å². The van der Waals surface area contributed by atoms with Crippen molar-refractivity contribution in [2.24, 2.45) is 11.8 Å². The number of hydrogen-bond acceptors (Lipinski definition) is 4. The van der Waals surface area contributed by atoms with E-state index in [1.54, 1.807) is 6.92 Å². The maximum atomic E-state index is 12.1. The van der Waals surface area contributed by atoms with Gasteiger partial charge in [-0.05, 0) is 18.8 Å². The van der Waals surface area contributed by atoms with Crippen LogP contribution < -0.4 is 5.32 Å². The van der Waals surface area contributed by atoms with Crippen LogP contribution in [-0.2, 0) is 19.6 Å². The van der Waals surface area contributed by atoms with Crippen molar-refractivity contribution >= 4 is 21.9 Å². The summed E-state index contributed by atoms with van der Waals surface area (Å²) in [7, 11) is -3.22. The van der Waals surface area contributed by atoms with Crippen LogP contribution in [0.15, 0.2) is 0 Å². The highest BCUT2D eigenvalue weighted by Gasteiger charge is 2.32. The second kappa shape index (κ2) is 7.22. The van der Waals surface area contributed by atoms with E-state index in [2.05, 4.69) is 5.32 Å². The fourth-order valence-electron chi connectivity index (χ4n) is 2.40. The number of sulfonamides is 1. The van der Waals surface area contributed by atoms with Crippen molar-refractivity contribution in [3.8, 4) is 0 Å². The molecule has 21 heavy (non-hydrogen) atoms. The van der Waals surface area contributed by atoms with Crippen LogP contribution in [-0.4, -0.2) is 55.1 Å². The SMILES string of the molecule is CC[C@H](C)[C@H](NC(=O)C1CCN(S(C)(=O)=O)CC1)C(=O)O. The Kier molecular flexibility index (Phi) is 6.15. The van der Waals surface area contributed by atoms with Crippen molar-refractivity contribution in [3.63, 3.8) is 0 Å². The van der Waals surface area contributed by atoms with E-state index in [1.165, 1.54) is 4.31 Å². The van der Waals surface area contributed by atoms with Gasteiger partial charge in [0.05, 0.1) is 6.26 Å². The largest absolute Gasteiger partial charge is 0.480 e. The molecule has 122 valence electrons. The van der Waals surface area contributed by atoms with E-state index in [0.717, 1.165) is 6.26 Å². The summed E-state index contributed by atoms with van der Waals surface area (Å²) < 4.78 is 24.2. The van der Waals surface area contributed by atoms with Crippen molar-refractivity contribution in [3.05, 3.63) is 0 Å². The number of rotatable bonds is 6.